The van der Waals surface area contributed by atoms with Crippen LogP contribution in [0.15, 0.2) is 17.2 Å². The quantitative estimate of drug-likeness (QED) is 0.540. The fourth-order valence-corrected chi connectivity index (χ4v) is 2.15. The Morgan fingerprint density at radius 3 is 2.79 bits per heavy atom. The van der Waals surface area contributed by atoms with Crippen molar-refractivity contribution in [1.82, 2.24) is 4.98 Å². The summed E-state index contributed by atoms with van der Waals surface area (Å²) in [5, 5.41) is 0. The molecular weight excluding hydrogens is 191 g/mol. The minimum Gasteiger partial charge on any atom is -0.359 e. The third-order valence-electron chi connectivity index (χ3n) is 2.11. The molecule has 4 heteroatoms. The van der Waals surface area contributed by atoms with Crippen LogP contribution in [-0.4, -0.2) is 32.2 Å². The molecule has 1 heterocycles. The van der Waals surface area contributed by atoms with Gasteiger partial charge in [-0.3, -0.25) is 0 Å². The normalized spacial score (nSPS) is 10.2. The van der Waals surface area contributed by atoms with Crippen LogP contribution in [-0.2, 0) is 0 Å². The molecule has 14 heavy (non-hydrogen) atoms. The van der Waals surface area contributed by atoms with E-state index in [1.54, 1.807) is 0 Å². The fraction of sp³-hybridized carbons (Fsp3) is 0.500. The van der Waals surface area contributed by atoms with Crippen LogP contribution in [0.3, 0.4) is 0 Å². The van der Waals surface area contributed by atoms with Crippen LogP contribution >= 0.6 is 11.8 Å². The number of hydrogen-bond acceptors (Lipinski definition) is 3. The monoisotopic (exact) mass is 208 g/mol. The Morgan fingerprint density at radius 1 is 1.50 bits per heavy atom. The average Bonchev–Trinajstić information content (AvgIpc) is 2.17. The van der Waals surface area contributed by atoms with Gasteiger partial charge in [0.05, 0.1) is 0 Å². The highest BCUT2D eigenvalue weighted by molar-refractivity contribution is 7.99. The Labute approximate surface area is 91.5 Å². The molecule has 0 saturated carbocycles. The zero-order chi connectivity index (χ0) is 10.6. The van der Waals surface area contributed by atoms with Gasteiger partial charge in [-0.15, -0.1) is 11.8 Å². The summed E-state index contributed by atoms with van der Waals surface area (Å²) < 4.78 is 0. The van der Waals surface area contributed by atoms with Crippen molar-refractivity contribution < 1.29 is 0 Å². The molecule has 1 rings (SSSR count). The van der Waals surface area contributed by atoms with E-state index in [-0.39, 0.29) is 0 Å². The van der Waals surface area contributed by atoms with Gasteiger partial charge in [0.25, 0.3) is 0 Å². The Bertz CT molecular complexity index is 304. The summed E-state index contributed by atoms with van der Waals surface area (Å²) in [5.41, 5.74) is 1.23. The number of hydrogen-bond donors (Lipinski definition) is 0. The molecule has 0 N–H and O–H groups in total. The van der Waals surface area contributed by atoms with Gasteiger partial charge in [0.15, 0.2) is 0 Å². The number of anilines is 1. The molecule has 0 aromatic carbocycles. The van der Waals surface area contributed by atoms with E-state index in [1.807, 2.05) is 18.0 Å². The molecule has 0 atom stereocenters. The number of nitrogens with zero attached hydrogens (tertiary/aromatic N) is 2. The van der Waals surface area contributed by atoms with Crippen molar-refractivity contribution in [2.45, 2.75) is 18.7 Å². The molecule has 0 unspecified atom stereocenters. The van der Waals surface area contributed by atoms with Crippen molar-refractivity contribution in [3.63, 3.8) is 0 Å². The zero-order valence-corrected chi connectivity index (χ0v) is 10.2. The molecule has 0 spiro atoms. The minimum absolute atomic E-state index is 0.993. The van der Waals surface area contributed by atoms with Gasteiger partial charge in [0.1, 0.15) is 13.7 Å². The number of aromatic nitrogens is 1. The Kier molecular flexibility index (Phi) is 4.33. The summed E-state index contributed by atoms with van der Waals surface area (Å²) in [6, 6.07) is 2.21. The first-order chi connectivity index (χ1) is 6.69. The van der Waals surface area contributed by atoms with Crippen LogP contribution < -0.4 is 10.4 Å². The van der Waals surface area contributed by atoms with Crippen molar-refractivity contribution in [3.05, 3.63) is 12.3 Å². The molecule has 0 aliphatic rings. The number of thioether (sulfide) groups is 1. The summed E-state index contributed by atoms with van der Waals surface area (Å²) in [7, 11) is 4.17. The highest BCUT2D eigenvalue weighted by Gasteiger charge is 2.07. The SMILES string of the molecule is Bc1cnc(N(C)CC)c(SCC)c1. The topological polar surface area (TPSA) is 16.1 Å². The molecule has 0 saturated heterocycles. The van der Waals surface area contributed by atoms with E-state index in [9.17, 15) is 0 Å². The smallest absolute Gasteiger partial charge is 0.141 e. The second-order valence-corrected chi connectivity index (χ2v) is 4.59. The van der Waals surface area contributed by atoms with E-state index in [0.29, 0.717) is 0 Å². The molecule has 0 aliphatic carbocycles. The van der Waals surface area contributed by atoms with Gasteiger partial charge >= 0.3 is 0 Å². The second-order valence-electron chi connectivity index (χ2n) is 3.28. The standard InChI is InChI=1S/C10H17BN2S/c1-4-13(3)10-9(14-5-2)6-8(11)7-12-10/h6-7H,4-5,11H2,1-3H3. The lowest BCUT2D eigenvalue weighted by Crippen LogP contribution is -2.19. The largest absolute Gasteiger partial charge is 0.359 e. The van der Waals surface area contributed by atoms with Crippen LogP contribution in [0.1, 0.15) is 13.8 Å². The average molecular weight is 208 g/mol. The van der Waals surface area contributed by atoms with Gasteiger partial charge in [0.2, 0.25) is 0 Å². The maximum atomic E-state index is 4.47. The molecule has 0 amide bonds. The lowest BCUT2D eigenvalue weighted by molar-refractivity contribution is 0.920. The van der Waals surface area contributed by atoms with Crippen LogP contribution in [0.2, 0.25) is 0 Å². The molecule has 0 radical (unpaired) electrons. The van der Waals surface area contributed by atoms with Crippen LogP contribution in [0, 0.1) is 0 Å². The second kappa shape index (κ2) is 5.30. The van der Waals surface area contributed by atoms with Crippen LogP contribution in [0.25, 0.3) is 0 Å². The summed E-state index contributed by atoms with van der Waals surface area (Å²) in [6.07, 6.45) is 1.93. The highest BCUT2D eigenvalue weighted by atomic mass is 32.2. The fourth-order valence-electron chi connectivity index (χ4n) is 1.23. The van der Waals surface area contributed by atoms with E-state index >= 15 is 0 Å². The lowest BCUT2D eigenvalue weighted by atomic mass is 9.99. The van der Waals surface area contributed by atoms with E-state index in [2.05, 4.69) is 44.7 Å². The summed E-state index contributed by atoms with van der Waals surface area (Å²) >= 11 is 1.86. The Hall–Kier alpha value is -0.635. The van der Waals surface area contributed by atoms with E-state index in [0.717, 1.165) is 18.1 Å². The van der Waals surface area contributed by atoms with Crippen LogP contribution in [0.5, 0.6) is 0 Å². The summed E-state index contributed by atoms with van der Waals surface area (Å²) in [6.45, 7) is 5.30. The predicted octanol–water partition coefficient (Wildman–Crippen LogP) is 0.908. The van der Waals surface area contributed by atoms with Crippen molar-refractivity contribution in [1.29, 1.82) is 0 Å². The lowest BCUT2D eigenvalue weighted by Gasteiger charge is -2.19. The maximum Gasteiger partial charge on any atom is 0.141 e. The first kappa shape index (κ1) is 11.4. The molecule has 0 aliphatic heterocycles. The molecule has 1 aromatic rings. The molecular formula is C10H17BN2S. The first-order valence-corrected chi connectivity index (χ1v) is 5.98. The van der Waals surface area contributed by atoms with Crippen molar-refractivity contribution in [2.75, 3.05) is 24.2 Å². The Balaban J connectivity index is 3.01. The van der Waals surface area contributed by atoms with Crippen molar-refractivity contribution in [2.24, 2.45) is 0 Å². The third kappa shape index (κ3) is 2.67. The summed E-state index contributed by atoms with van der Waals surface area (Å²) in [5.74, 6) is 2.19. The van der Waals surface area contributed by atoms with Gasteiger partial charge in [-0.1, -0.05) is 12.4 Å². The highest BCUT2D eigenvalue weighted by Crippen LogP contribution is 2.25. The molecule has 1 aromatic heterocycles. The maximum absolute atomic E-state index is 4.47. The first-order valence-electron chi connectivity index (χ1n) is 4.99. The summed E-state index contributed by atoms with van der Waals surface area (Å²) in [4.78, 5) is 7.94. The number of pyridine rings is 1. The van der Waals surface area contributed by atoms with Gasteiger partial charge in [0, 0.05) is 24.7 Å². The van der Waals surface area contributed by atoms with Gasteiger partial charge in [-0.25, -0.2) is 4.98 Å². The third-order valence-corrected chi connectivity index (χ3v) is 3.01. The number of rotatable bonds is 4. The van der Waals surface area contributed by atoms with Gasteiger partial charge in [-0.05, 0) is 18.7 Å². The van der Waals surface area contributed by atoms with E-state index in [1.165, 1.54) is 10.4 Å². The van der Waals surface area contributed by atoms with Gasteiger partial charge in [-0.2, -0.15) is 0 Å². The van der Waals surface area contributed by atoms with Crippen molar-refractivity contribution in [3.8, 4) is 0 Å². The molecule has 76 valence electrons. The van der Waals surface area contributed by atoms with E-state index in [4.69, 9.17) is 0 Å². The predicted molar refractivity (Wildman–Crippen MR) is 67.8 cm³/mol. The minimum atomic E-state index is 0.993. The molecule has 2 nitrogen and oxygen atoms in total. The van der Waals surface area contributed by atoms with E-state index < -0.39 is 0 Å². The van der Waals surface area contributed by atoms with Gasteiger partial charge < -0.3 is 4.90 Å². The molecule has 0 bridgehead atoms. The van der Waals surface area contributed by atoms with Crippen molar-refractivity contribution >= 4 is 30.9 Å². The Morgan fingerprint density at radius 2 is 2.21 bits per heavy atom. The zero-order valence-electron chi connectivity index (χ0n) is 9.37. The molecule has 0 fully saturated rings. The van der Waals surface area contributed by atoms with Crippen LogP contribution in [0.4, 0.5) is 5.82 Å².